The van der Waals surface area contributed by atoms with E-state index in [0.29, 0.717) is 18.2 Å². The molecule has 2 N–H and O–H groups in total. The molecular weight excluding hydrogens is 264 g/mol. The van der Waals surface area contributed by atoms with Crippen LogP contribution in [0.2, 0.25) is 5.02 Å². The molecular formula is C14H13ClN2O2. The first-order valence-corrected chi connectivity index (χ1v) is 6.41. The molecule has 0 saturated heterocycles. The van der Waals surface area contributed by atoms with E-state index in [1.807, 2.05) is 16.7 Å². The minimum absolute atomic E-state index is 0.163. The van der Waals surface area contributed by atoms with Gasteiger partial charge in [0.2, 0.25) is 5.43 Å². The van der Waals surface area contributed by atoms with Crippen molar-refractivity contribution in [3.63, 3.8) is 0 Å². The first-order valence-electron chi connectivity index (χ1n) is 6.03. The molecule has 5 heteroatoms. The van der Waals surface area contributed by atoms with Gasteiger partial charge < -0.3 is 15.0 Å². The van der Waals surface area contributed by atoms with Crippen LogP contribution in [-0.2, 0) is 13.0 Å². The van der Waals surface area contributed by atoms with Crippen molar-refractivity contribution in [2.45, 2.75) is 13.0 Å². The number of hydrogen-bond donors (Lipinski definition) is 1. The lowest BCUT2D eigenvalue weighted by Crippen LogP contribution is -2.11. The van der Waals surface area contributed by atoms with Gasteiger partial charge in [0.25, 0.3) is 0 Å². The second-order valence-electron chi connectivity index (χ2n) is 4.59. The van der Waals surface area contributed by atoms with Crippen LogP contribution in [0, 0.1) is 0 Å². The van der Waals surface area contributed by atoms with Crippen LogP contribution in [0.15, 0.2) is 35.4 Å². The molecule has 0 amide bonds. The minimum Gasteiger partial charge on any atom is -0.493 e. The van der Waals surface area contributed by atoms with Gasteiger partial charge in [-0.05, 0) is 17.7 Å². The maximum Gasteiger partial charge on any atom is 0.204 e. The van der Waals surface area contributed by atoms with E-state index in [0.717, 1.165) is 23.3 Å². The molecule has 1 aromatic heterocycles. The summed E-state index contributed by atoms with van der Waals surface area (Å²) in [5.41, 5.74) is 7.84. The molecule has 1 aromatic carbocycles. The van der Waals surface area contributed by atoms with Gasteiger partial charge >= 0.3 is 0 Å². The number of anilines is 1. The van der Waals surface area contributed by atoms with Gasteiger partial charge in [-0.25, -0.2) is 0 Å². The van der Waals surface area contributed by atoms with E-state index in [1.54, 1.807) is 12.4 Å². The molecule has 3 rings (SSSR count). The van der Waals surface area contributed by atoms with Gasteiger partial charge in [0.05, 0.1) is 18.8 Å². The summed E-state index contributed by atoms with van der Waals surface area (Å²) in [6.07, 6.45) is 4.22. The first-order chi connectivity index (χ1) is 9.13. The van der Waals surface area contributed by atoms with Crippen LogP contribution in [0.4, 0.5) is 5.69 Å². The molecule has 0 atom stereocenters. The molecule has 0 aliphatic carbocycles. The Kier molecular flexibility index (Phi) is 2.95. The van der Waals surface area contributed by atoms with Gasteiger partial charge in [-0.2, -0.15) is 0 Å². The molecule has 0 unspecified atom stereocenters. The van der Waals surface area contributed by atoms with Crippen LogP contribution in [-0.4, -0.2) is 11.2 Å². The number of hydrogen-bond acceptors (Lipinski definition) is 3. The SMILES string of the molecule is Nc1cn(Cc2cc(Cl)cc3c2OCC3)ccc1=O. The molecule has 1 aliphatic rings. The Balaban J connectivity index is 1.99. The van der Waals surface area contributed by atoms with Gasteiger partial charge in [-0.1, -0.05) is 11.6 Å². The lowest BCUT2D eigenvalue weighted by molar-refractivity contribution is 0.352. The summed E-state index contributed by atoms with van der Waals surface area (Å²) >= 11 is 6.11. The van der Waals surface area contributed by atoms with E-state index in [4.69, 9.17) is 22.1 Å². The van der Waals surface area contributed by atoms with E-state index >= 15 is 0 Å². The van der Waals surface area contributed by atoms with E-state index < -0.39 is 0 Å². The van der Waals surface area contributed by atoms with Gasteiger partial charge in [-0.3, -0.25) is 4.79 Å². The van der Waals surface area contributed by atoms with Crippen molar-refractivity contribution < 1.29 is 4.74 Å². The maximum atomic E-state index is 11.3. The molecule has 0 radical (unpaired) electrons. The fourth-order valence-electron chi connectivity index (χ4n) is 2.30. The summed E-state index contributed by atoms with van der Waals surface area (Å²) in [7, 11) is 0. The van der Waals surface area contributed by atoms with Gasteiger partial charge in [0.15, 0.2) is 0 Å². The summed E-state index contributed by atoms with van der Waals surface area (Å²) in [5.74, 6) is 0.904. The predicted octanol–water partition coefficient (Wildman–Crippen LogP) is 2.07. The lowest BCUT2D eigenvalue weighted by Gasteiger charge is -2.11. The molecule has 0 spiro atoms. The zero-order chi connectivity index (χ0) is 13.4. The highest BCUT2D eigenvalue weighted by Gasteiger charge is 2.17. The van der Waals surface area contributed by atoms with Crippen molar-refractivity contribution in [2.24, 2.45) is 0 Å². The number of nitrogens with zero attached hydrogens (tertiary/aromatic N) is 1. The zero-order valence-electron chi connectivity index (χ0n) is 10.2. The van der Waals surface area contributed by atoms with Crippen molar-refractivity contribution in [1.82, 2.24) is 4.57 Å². The second kappa shape index (κ2) is 4.63. The number of rotatable bonds is 2. The van der Waals surface area contributed by atoms with Crippen LogP contribution in [0.25, 0.3) is 0 Å². The standard InChI is InChI=1S/C14H13ClN2O2/c15-11-5-9-2-4-19-14(9)10(6-11)7-17-3-1-13(18)12(16)8-17/h1,3,5-6,8H,2,4,7,16H2. The topological polar surface area (TPSA) is 57.2 Å². The molecule has 1 aliphatic heterocycles. The third kappa shape index (κ3) is 2.31. The van der Waals surface area contributed by atoms with Crippen molar-refractivity contribution in [2.75, 3.05) is 12.3 Å². The summed E-state index contributed by atoms with van der Waals surface area (Å²) in [6, 6.07) is 5.29. The number of nitrogen functional groups attached to an aromatic ring is 1. The Morgan fingerprint density at radius 1 is 1.42 bits per heavy atom. The van der Waals surface area contributed by atoms with Gasteiger partial charge in [-0.15, -0.1) is 0 Å². The van der Waals surface area contributed by atoms with Gasteiger partial charge in [0, 0.05) is 35.5 Å². The average molecular weight is 277 g/mol. The zero-order valence-corrected chi connectivity index (χ0v) is 11.0. The number of pyridine rings is 1. The summed E-state index contributed by atoms with van der Waals surface area (Å²) < 4.78 is 7.50. The molecule has 0 bridgehead atoms. The fourth-order valence-corrected chi connectivity index (χ4v) is 2.57. The van der Waals surface area contributed by atoms with E-state index in [1.165, 1.54) is 6.07 Å². The molecule has 0 fully saturated rings. The van der Waals surface area contributed by atoms with E-state index in [9.17, 15) is 4.79 Å². The maximum absolute atomic E-state index is 11.3. The van der Waals surface area contributed by atoms with Crippen LogP contribution in [0.5, 0.6) is 5.75 Å². The monoisotopic (exact) mass is 276 g/mol. The number of halogens is 1. The van der Waals surface area contributed by atoms with Crippen LogP contribution >= 0.6 is 11.6 Å². The van der Waals surface area contributed by atoms with E-state index in [2.05, 4.69) is 0 Å². The van der Waals surface area contributed by atoms with Crippen molar-refractivity contribution in [3.8, 4) is 5.75 Å². The smallest absolute Gasteiger partial charge is 0.204 e. The third-order valence-electron chi connectivity index (χ3n) is 3.19. The van der Waals surface area contributed by atoms with Gasteiger partial charge in [0.1, 0.15) is 5.75 Å². The van der Waals surface area contributed by atoms with Crippen molar-refractivity contribution in [1.29, 1.82) is 0 Å². The molecule has 0 saturated carbocycles. The molecule has 98 valence electrons. The van der Waals surface area contributed by atoms with Crippen LogP contribution in [0.3, 0.4) is 0 Å². The highest BCUT2D eigenvalue weighted by molar-refractivity contribution is 6.30. The Bertz CT molecular complexity index is 694. The largest absolute Gasteiger partial charge is 0.493 e. The predicted molar refractivity (Wildman–Crippen MR) is 74.9 cm³/mol. The molecule has 2 heterocycles. The number of aromatic nitrogens is 1. The Labute approximate surface area is 115 Å². The van der Waals surface area contributed by atoms with Crippen LogP contribution in [0.1, 0.15) is 11.1 Å². The Morgan fingerprint density at radius 2 is 2.26 bits per heavy atom. The van der Waals surface area contributed by atoms with Crippen LogP contribution < -0.4 is 15.9 Å². The highest BCUT2D eigenvalue weighted by atomic mass is 35.5. The van der Waals surface area contributed by atoms with E-state index in [-0.39, 0.29) is 11.1 Å². The number of ether oxygens (including phenoxy) is 1. The summed E-state index contributed by atoms with van der Waals surface area (Å²) in [6.45, 7) is 1.27. The first kappa shape index (κ1) is 12.1. The number of nitrogens with two attached hydrogens (primary N) is 1. The third-order valence-corrected chi connectivity index (χ3v) is 3.40. The molecule has 4 nitrogen and oxygen atoms in total. The quantitative estimate of drug-likeness (QED) is 0.913. The second-order valence-corrected chi connectivity index (χ2v) is 5.02. The Morgan fingerprint density at radius 3 is 3.05 bits per heavy atom. The lowest BCUT2D eigenvalue weighted by atomic mass is 10.1. The number of benzene rings is 1. The molecule has 19 heavy (non-hydrogen) atoms. The summed E-state index contributed by atoms with van der Waals surface area (Å²) in [4.78, 5) is 11.3. The van der Waals surface area contributed by atoms with Crippen molar-refractivity contribution in [3.05, 3.63) is 57.0 Å². The minimum atomic E-state index is -0.163. The molecule has 2 aromatic rings. The number of fused-ring (bicyclic) bond motifs is 1. The Hall–Kier alpha value is -1.94. The fraction of sp³-hybridized carbons (Fsp3) is 0.214. The average Bonchev–Trinajstić information content (AvgIpc) is 2.82. The normalized spacial score (nSPS) is 13.1. The van der Waals surface area contributed by atoms with Crippen molar-refractivity contribution >= 4 is 17.3 Å². The highest BCUT2D eigenvalue weighted by Crippen LogP contribution is 2.33. The summed E-state index contributed by atoms with van der Waals surface area (Å²) in [5, 5.41) is 0.702.